The highest BCUT2D eigenvalue weighted by atomic mass is 16.5. The molecule has 3 heteroatoms. The molecule has 0 bridgehead atoms. The Bertz CT molecular complexity index is 168. The van der Waals surface area contributed by atoms with E-state index in [1.165, 1.54) is 0 Å². The molecule has 1 atom stereocenters. The summed E-state index contributed by atoms with van der Waals surface area (Å²) in [4.78, 5) is 11.1. The largest absolute Gasteiger partial charge is 0.379 e. The molecule has 0 spiro atoms. The maximum absolute atomic E-state index is 11.1. The van der Waals surface area contributed by atoms with E-state index in [2.05, 4.69) is 6.92 Å². The summed E-state index contributed by atoms with van der Waals surface area (Å²) in [5.74, 6) is 0.343. The summed E-state index contributed by atoms with van der Waals surface area (Å²) in [6.07, 6.45) is 4.56. The second-order valence-corrected chi connectivity index (χ2v) is 3.74. The first-order valence-corrected chi connectivity index (χ1v) is 5.54. The van der Waals surface area contributed by atoms with Gasteiger partial charge in [-0.15, -0.1) is 0 Å². The Hall–Kier alpha value is -0.410. The van der Waals surface area contributed by atoms with Crippen LogP contribution in [-0.2, 0) is 14.3 Å². The van der Waals surface area contributed by atoms with Crippen LogP contribution in [0.25, 0.3) is 0 Å². The van der Waals surface area contributed by atoms with Crippen LogP contribution in [0.4, 0.5) is 0 Å². The highest BCUT2D eigenvalue weighted by molar-refractivity contribution is 5.79. The van der Waals surface area contributed by atoms with E-state index in [4.69, 9.17) is 9.47 Å². The number of hydrogen-bond donors (Lipinski definition) is 0. The molecule has 0 aromatic heterocycles. The lowest BCUT2D eigenvalue weighted by molar-refractivity contribution is -0.125. The topological polar surface area (TPSA) is 35.5 Å². The highest BCUT2D eigenvalue weighted by Gasteiger charge is 2.19. The Morgan fingerprint density at radius 2 is 2.21 bits per heavy atom. The lowest BCUT2D eigenvalue weighted by Crippen LogP contribution is -2.24. The van der Waals surface area contributed by atoms with Crippen molar-refractivity contribution in [2.24, 2.45) is 0 Å². The smallest absolute Gasteiger partial charge is 0.135 e. The number of rotatable bonds is 6. The fourth-order valence-corrected chi connectivity index (χ4v) is 1.65. The molecule has 0 heterocycles. The summed E-state index contributed by atoms with van der Waals surface area (Å²) in [6, 6.07) is 0. The Kier molecular flexibility index (Phi) is 5.80. The molecule has 0 aromatic rings. The number of Topliss-reactive ketones (excluding diaryl/α,β-unsaturated/α-hetero) is 1. The molecule has 1 rings (SSSR count). The first kappa shape index (κ1) is 11.7. The minimum atomic E-state index is 0.154. The first-order valence-electron chi connectivity index (χ1n) is 5.54. The van der Waals surface area contributed by atoms with Crippen molar-refractivity contribution in [2.45, 2.75) is 45.1 Å². The van der Waals surface area contributed by atoms with E-state index in [-0.39, 0.29) is 6.10 Å². The molecule has 1 saturated carbocycles. The van der Waals surface area contributed by atoms with Crippen LogP contribution in [0.1, 0.15) is 39.0 Å². The molecule has 0 aliphatic heterocycles. The van der Waals surface area contributed by atoms with Gasteiger partial charge in [-0.25, -0.2) is 0 Å². The van der Waals surface area contributed by atoms with Crippen molar-refractivity contribution < 1.29 is 14.3 Å². The number of ether oxygens (including phenoxy) is 2. The second-order valence-electron chi connectivity index (χ2n) is 3.74. The summed E-state index contributed by atoms with van der Waals surface area (Å²) in [7, 11) is 0. The third kappa shape index (κ3) is 4.72. The second kappa shape index (κ2) is 6.96. The SMILES string of the molecule is CCCOCCOC1CCCC(=O)C1. The molecule has 1 fully saturated rings. The highest BCUT2D eigenvalue weighted by Crippen LogP contribution is 2.17. The Labute approximate surface area is 85.8 Å². The van der Waals surface area contributed by atoms with Gasteiger partial charge in [0.05, 0.1) is 19.3 Å². The molecule has 0 radical (unpaired) electrons. The third-order valence-corrected chi connectivity index (χ3v) is 2.37. The third-order valence-electron chi connectivity index (χ3n) is 2.37. The Balaban J connectivity index is 1.97. The van der Waals surface area contributed by atoms with Gasteiger partial charge in [0.2, 0.25) is 0 Å². The van der Waals surface area contributed by atoms with E-state index < -0.39 is 0 Å². The zero-order valence-electron chi connectivity index (χ0n) is 8.96. The van der Waals surface area contributed by atoms with E-state index in [0.29, 0.717) is 25.4 Å². The summed E-state index contributed by atoms with van der Waals surface area (Å²) in [5.41, 5.74) is 0. The van der Waals surface area contributed by atoms with Crippen LogP contribution >= 0.6 is 0 Å². The number of carbonyl (C=O) groups excluding carboxylic acids is 1. The van der Waals surface area contributed by atoms with Crippen molar-refractivity contribution in [3.05, 3.63) is 0 Å². The molecule has 0 aromatic carbocycles. The van der Waals surface area contributed by atoms with E-state index in [1.807, 2.05) is 0 Å². The lowest BCUT2D eigenvalue weighted by atomic mass is 9.96. The van der Waals surface area contributed by atoms with E-state index >= 15 is 0 Å². The quantitative estimate of drug-likeness (QED) is 0.615. The van der Waals surface area contributed by atoms with Gasteiger partial charge >= 0.3 is 0 Å². The van der Waals surface area contributed by atoms with Gasteiger partial charge in [0.1, 0.15) is 5.78 Å². The van der Waals surface area contributed by atoms with Gasteiger partial charge in [-0.1, -0.05) is 6.92 Å². The summed E-state index contributed by atoms with van der Waals surface area (Å²) < 4.78 is 10.8. The van der Waals surface area contributed by atoms with Crippen LogP contribution in [0.2, 0.25) is 0 Å². The lowest BCUT2D eigenvalue weighted by Gasteiger charge is -2.21. The van der Waals surface area contributed by atoms with Crippen molar-refractivity contribution in [1.82, 2.24) is 0 Å². The van der Waals surface area contributed by atoms with Crippen molar-refractivity contribution in [1.29, 1.82) is 0 Å². The molecule has 0 N–H and O–H groups in total. The van der Waals surface area contributed by atoms with Crippen LogP contribution < -0.4 is 0 Å². The van der Waals surface area contributed by atoms with Crippen LogP contribution in [0.5, 0.6) is 0 Å². The average molecular weight is 200 g/mol. The summed E-state index contributed by atoms with van der Waals surface area (Å²) in [6.45, 7) is 4.16. The first-order chi connectivity index (χ1) is 6.83. The van der Waals surface area contributed by atoms with Crippen molar-refractivity contribution in [3.8, 4) is 0 Å². The van der Waals surface area contributed by atoms with Gasteiger partial charge in [0, 0.05) is 19.4 Å². The van der Waals surface area contributed by atoms with Gasteiger partial charge in [0.15, 0.2) is 0 Å². The number of ketones is 1. The van der Waals surface area contributed by atoms with Crippen LogP contribution in [0.3, 0.4) is 0 Å². The number of hydrogen-bond acceptors (Lipinski definition) is 3. The molecule has 14 heavy (non-hydrogen) atoms. The van der Waals surface area contributed by atoms with Gasteiger partial charge < -0.3 is 9.47 Å². The molecule has 0 saturated heterocycles. The minimum absolute atomic E-state index is 0.154. The molecule has 0 amide bonds. The van der Waals surface area contributed by atoms with Crippen LogP contribution in [0, 0.1) is 0 Å². The molecule has 82 valence electrons. The molecular weight excluding hydrogens is 180 g/mol. The van der Waals surface area contributed by atoms with Gasteiger partial charge in [0.25, 0.3) is 0 Å². The Morgan fingerprint density at radius 1 is 1.36 bits per heavy atom. The van der Waals surface area contributed by atoms with E-state index in [0.717, 1.165) is 32.3 Å². The zero-order valence-corrected chi connectivity index (χ0v) is 8.96. The fraction of sp³-hybridized carbons (Fsp3) is 0.909. The zero-order chi connectivity index (χ0) is 10.2. The molecular formula is C11H20O3. The maximum atomic E-state index is 11.1. The molecule has 1 aliphatic carbocycles. The minimum Gasteiger partial charge on any atom is -0.379 e. The molecule has 3 nitrogen and oxygen atoms in total. The summed E-state index contributed by atoms with van der Waals surface area (Å²) in [5, 5.41) is 0. The number of carbonyl (C=O) groups is 1. The Morgan fingerprint density at radius 3 is 2.93 bits per heavy atom. The van der Waals surface area contributed by atoms with Crippen LogP contribution in [0.15, 0.2) is 0 Å². The van der Waals surface area contributed by atoms with E-state index in [9.17, 15) is 4.79 Å². The predicted molar refractivity (Wildman–Crippen MR) is 54.3 cm³/mol. The molecule has 1 aliphatic rings. The predicted octanol–water partition coefficient (Wildman–Crippen LogP) is 1.94. The normalized spacial score (nSPS) is 22.6. The van der Waals surface area contributed by atoms with Gasteiger partial charge in [-0.2, -0.15) is 0 Å². The van der Waals surface area contributed by atoms with Crippen LogP contribution in [-0.4, -0.2) is 31.7 Å². The van der Waals surface area contributed by atoms with Crippen molar-refractivity contribution >= 4 is 5.78 Å². The standard InChI is InChI=1S/C11H20O3/c1-2-6-13-7-8-14-11-5-3-4-10(12)9-11/h11H,2-9H2,1H3. The fourth-order valence-electron chi connectivity index (χ4n) is 1.65. The monoisotopic (exact) mass is 200 g/mol. The van der Waals surface area contributed by atoms with Crippen molar-refractivity contribution in [2.75, 3.05) is 19.8 Å². The average Bonchev–Trinajstić information content (AvgIpc) is 2.18. The van der Waals surface area contributed by atoms with Gasteiger partial charge in [-0.05, 0) is 19.3 Å². The molecule has 1 unspecified atom stereocenters. The summed E-state index contributed by atoms with van der Waals surface area (Å²) >= 11 is 0. The van der Waals surface area contributed by atoms with E-state index in [1.54, 1.807) is 0 Å². The van der Waals surface area contributed by atoms with Gasteiger partial charge in [-0.3, -0.25) is 4.79 Å². The van der Waals surface area contributed by atoms with Crippen molar-refractivity contribution in [3.63, 3.8) is 0 Å². The maximum Gasteiger partial charge on any atom is 0.135 e.